The highest BCUT2D eigenvalue weighted by Crippen LogP contribution is 2.19. The first-order valence-corrected chi connectivity index (χ1v) is 8.23. The fourth-order valence-corrected chi connectivity index (χ4v) is 2.57. The second-order valence-corrected chi connectivity index (χ2v) is 6.37. The van der Waals surface area contributed by atoms with Gasteiger partial charge in [-0.1, -0.05) is 13.8 Å². The quantitative estimate of drug-likeness (QED) is 0.711. The maximum Gasteiger partial charge on any atom is 0.242 e. The highest BCUT2D eigenvalue weighted by Gasteiger charge is 2.23. The van der Waals surface area contributed by atoms with Crippen LogP contribution in [0, 0.1) is 5.92 Å². The molecule has 1 saturated heterocycles. The number of nitrogens with two attached hydrogens (primary N) is 1. The van der Waals surface area contributed by atoms with Crippen LogP contribution in [0.1, 0.15) is 13.8 Å². The molecular formula is C17H26N4O3. The maximum atomic E-state index is 12.2. The lowest BCUT2D eigenvalue weighted by Crippen LogP contribution is -2.52. The molecule has 2 rings (SSSR count). The predicted octanol–water partition coefficient (Wildman–Crippen LogP) is 0.140. The van der Waals surface area contributed by atoms with Crippen molar-refractivity contribution in [3.63, 3.8) is 0 Å². The number of phenolic OH excluding ortho intramolecular Hbond substituents is 1. The smallest absolute Gasteiger partial charge is 0.242 e. The summed E-state index contributed by atoms with van der Waals surface area (Å²) in [6.45, 7) is 6.37. The van der Waals surface area contributed by atoms with Gasteiger partial charge < -0.3 is 26.0 Å². The molecule has 0 aromatic heterocycles. The summed E-state index contributed by atoms with van der Waals surface area (Å²) in [5, 5.41) is 11.9. The van der Waals surface area contributed by atoms with Crippen LogP contribution < -0.4 is 16.0 Å². The standard InChI is InChI=1S/C17H26N4O3/c1-12(2)16(18)17(24)19-11-15(23)21-9-7-20(8-10-21)13-3-5-14(22)6-4-13/h3-6,12,16,22H,7-11,18H2,1-2H3,(H,19,24)/t16-/m0/s1. The van der Waals surface area contributed by atoms with Crippen molar-refractivity contribution in [1.29, 1.82) is 0 Å². The lowest BCUT2D eigenvalue weighted by molar-refractivity contribution is -0.133. The van der Waals surface area contributed by atoms with Crippen LogP contribution in [-0.2, 0) is 9.59 Å². The Balaban J connectivity index is 1.78. The van der Waals surface area contributed by atoms with E-state index in [1.165, 1.54) is 0 Å². The summed E-state index contributed by atoms with van der Waals surface area (Å²) in [4.78, 5) is 27.9. The molecule has 1 fully saturated rings. The minimum atomic E-state index is -0.593. The SMILES string of the molecule is CC(C)[C@H](N)C(=O)NCC(=O)N1CCN(c2ccc(O)cc2)CC1. The van der Waals surface area contributed by atoms with Crippen molar-refractivity contribution in [2.24, 2.45) is 11.7 Å². The second-order valence-electron chi connectivity index (χ2n) is 6.37. The third-order valence-corrected chi connectivity index (χ3v) is 4.28. The summed E-state index contributed by atoms with van der Waals surface area (Å²) in [6, 6.07) is 6.44. The lowest BCUT2D eigenvalue weighted by atomic mass is 10.1. The van der Waals surface area contributed by atoms with Crippen LogP contribution in [0.5, 0.6) is 5.75 Å². The zero-order valence-electron chi connectivity index (χ0n) is 14.2. The average molecular weight is 334 g/mol. The number of phenols is 1. The van der Waals surface area contributed by atoms with Gasteiger partial charge >= 0.3 is 0 Å². The second kappa shape index (κ2) is 8.01. The number of nitrogens with zero attached hydrogens (tertiary/aromatic N) is 2. The number of hydrogen-bond acceptors (Lipinski definition) is 5. The lowest BCUT2D eigenvalue weighted by Gasteiger charge is -2.36. The molecule has 7 nitrogen and oxygen atoms in total. The molecule has 0 bridgehead atoms. The zero-order valence-corrected chi connectivity index (χ0v) is 14.2. The van der Waals surface area contributed by atoms with E-state index in [2.05, 4.69) is 10.2 Å². The largest absolute Gasteiger partial charge is 0.508 e. The molecule has 132 valence electrons. The Kier molecular flexibility index (Phi) is 6.03. The number of amides is 2. The van der Waals surface area contributed by atoms with Gasteiger partial charge in [0, 0.05) is 31.9 Å². The van der Waals surface area contributed by atoms with E-state index in [-0.39, 0.29) is 30.0 Å². The number of carbonyl (C=O) groups excluding carboxylic acids is 2. The minimum Gasteiger partial charge on any atom is -0.508 e. The van der Waals surface area contributed by atoms with E-state index >= 15 is 0 Å². The monoisotopic (exact) mass is 334 g/mol. The molecule has 1 aliphatic heterocycles. The number of nitrogens with one attached hydrogen (secondary N) is 1. The van der Waals surface area contributed by atoms with E-state index in [0.29, 0.717) is 13.1 Å². The molecule has 24 heavy (non-hydrogen) atoms. The van der Waals surface area contributed by atoms with Gasteiger partial charge in [-0.2, -0.15) is 0 Å². The molecule has 0 saturated carbocycles. The van der Waals surface area contributed by atoms with E-state index in [0.717, 1.165) is 18.8 Å². The number of hydrogen-bond donors (Lipinski definition) is 3. The van der Waals surface area contributed by atoms with E-state index in [1.54, 1.807) is 17.0 Å². The Hall–Kier alpha value is -2.28. The van der Waals surface area contributed by atoms with Crippen LogP contribution in [0.15, 0.2) is 24.3 Å². The molecule has 4 N–H and O–H groups in total. The predicted molar refractivity (Wildman–Crippen MR) is 92.7 cm³/mol. The van der Waals surface area contributed by atoms with Gasteiger partial charge in [0.1, 0.15) is 5.75 Å². The van der Waals surface area contributed by atoms with Crippen LogP contribution in [0.4, 0.5) is 5.69 Å². The van der Waals surface area contributed by atoms with E-state index < -0.39 is 6.04 Å². The Bertz CT molecular complexity index is 566. The van der Waals surface area contributed by atoms with Crippen LogP contribution in [0.2, 0.25) is 0 Å². The Morgan fingerprint density at radius 1 is 1.17 bits per heavy atom. The van der Waals surface area contributed by atoms with Gasteiger partial charge in [0.05, 0.1) is 12.6 Å². The molecule has 1 aliphatic rings. The normalized spacial score (nSPS) is 16.2. The van der Waals surface area contributed by atoms with Crippen LogP contribution in [-0.4, -0.2) is 60.6 Å². The molecule has 0 spiro atoms. The number of benzene rings is 1. The van der Waals surface area contributed by atoms with Crippen LogP contribution in [0.25, 0.3) is 0 Å². The van der Waals surface area contributed by atoms with Crippen molar-refractivity contribution in [1.82, 2.24) is 10.2 Å². The Morgan fingerprint density at radius 3 is 2.29 bits per heavy atom. The molecular weight excluding hydrogens is 308 g/mol. The topological polar surface area (TPSA) is 98.9 Å². The van der Waals surface area contributed by atoms with Crippen molar-refractivity contribution in [2.75, 3.05) is 37.6 Å². The Labute approximate surface area is 142 Å². The highest BCUT2D eigenvalue weighted by atomic mass is 16.3. The third-order valence-electron chi connectivity index (χ3n) is 4.28. The average Bonchev–Trinajstić information content (AvgIpc) is 2.59. The highest BCUT2D eigenvalue weighted by molar-refractivity contribution is 5.87. The fourth-order valence-electron chi connectivity index (χ4n) is 2.57. The summed E-state index contributed by atoms with van der Waals surface area (Å²) >= 11 is 0. The zero-order chi connectivity index (χ0) is 17.7. The maximum absolute atomic E-state index is 12.2. The fraction of sp³-hybridized carbons (Fsp3) is 0.529. The van der Waals surface area contributed by atoms with Gasteiger partial charge in [0.15, 0.2) is 0 Å². The molecule has 1 heterocycles. The molecule has 1 aromatic rings. The number of carbonyl (C=O) groups is 2. The van der Waals surface area contributed by atoms with Gasteiger partial charge in [-0.05, 0) is 30.2 Å². The molecule has 7 heteroatoms. The molecule has 1 atom stereocenters. The van der Waals surface area contributed by atoms with Gasteiger partial charge in [0.25, 0.3) is 0 Å². The van der Waals surface area contributed by atoms with Crippen LogP contribution >= 0.6 is 0 Å². The van der Waals surface area contributed by atoms with E-state index in [1.807, 2.05) is 26.0 Å². The first-order valence-electron chi connectivity index (χ1n) is 8.23. The van der Waals surface area contributed by atoms with Crippen molar-refractivity contribution >= 4 is 17.5 Å². The molecule has 0 aliphatic carbocycles. The molecule has 0 radical (unpaired) electrons. The van der Waals surface area contributed by atoms with Crippen molar-refractivity contribution in [3.8, 4) is 5.75 Å². The Morgan fingerprint density at radius 2 is 1.75 bits per heavy atom. The summed E-state index contributed by atoms with van der Waals surface area (Å²) < 4.78 is 0. The summed E-state index contributed by atoms with van der Waals surface area (Å²) in [5.41, 5.74) is 6.78. The first kappa shape index (κ1) is 18.1. The molecule has 2 amide bonds. The van der Waals surface area contributed by atoms with Gasteiger partial charge in [-0.3, -0.25) is 9.59 Å². The summed E-state index contributed by atoms with van der Waals surface area (Å²) in [5.74, 6) is -0.109. The number of piperazine rings is 1. The summed E-state index contributed by atoms with van der Waals surface area (Å²) in [6.07, 6.45) is 0. The number of aromatic hydroxyl groups is 1. The molecule has 0 unspecified atom stereocenters. The van der Waals surface area contributed by atoms with Gasteiger partial charge in [-0.15, -0.1) is 0 Å². The van der Waals surface area contributed by atoms with Gasteiger partial charge in [-0.25, -0.2) is 0 Å². The summed E-state index contributed by atoms with van der Waals surface area (Å²) in [7, 11) is 0. The van der Waals surface area contributed by atoms with Gasteiger partial charge in [0.2, 0.25) is 11.8 Å². The van der Waals surface area contributed by atoms with Crippen molar-refractivity contribution < 1.29 is 14.7 Å². The third kappa shape index (κ3) is 4.61. The minimum absolute atomic E-state index is 0.0154. The van der Waals surface area contributed by atoms with Crippen molar-refractivity contribution in [2.45, 2.75) is 19.9 Å². The number of rotatable bonds is 5. The molecule has 1 aromatic carbocycles. The van der Waals surface area contributed by atoms with E-state index in [4.69, 9.17) is 5.73 Å². The van der Waals surface area contributed by atoms with E-state index in [9.17, 15) is 14.7 Å². The number of anilines is 1. The first-order chi connectivity index (χ1) is 11.4. The van der Waals surface area contributed by atoms with Crippen molar-refractivity contribution in [3.05, 3.63) is 24.3 Å². The van der Waals surface area contributed by atoms with Crippen LogP contribution in [0.3, 0.4) is 0 Å².